The van der Waals surface area contributed by atoms with Gasteiger partial charge in [0.05, 0.1) is 17.3 Å². The second-order valence-electron chi connectivity index (χ2n) is 4.36. The van der Waals surface area contributed by atoms with E-state index >= 15 is 0 Å². The van der Waals surface area contributed by atoms with Crippen molar-refractivity contribution >= 4 is 5.71 Å². The van der Waals surface area contributed by atoms with Crippen molar-refractivity contribution in [2.75, 3.05) is 0 Å². The molecule has 1 atom stereocenters. The first-order valence-corrected chi connectivity index (χ1v) is 4.57. The van der Waals surface area contributed by atoms with Crippen LogP contribution < -0.4 is 5.43 Å². The SMILES string of the molecule is CC(C)(C)N1N=C2C=CC=CC2N1. The number of hydrogen-bond acceptors (Lipinski definition) is 3. The van der Waals surface area contributed by atoms with Gasteiger partial charge in [0, 0.05) is 0 Å². The molecule has 2 rings (SSSR count). The van der Waals surface area contributed by atoms with E-state index in [0.717, 1.165) is 5.71 Å². The second-order valence-corrected chi connectivity index (χ2v) is 4.36. The summed E-state index contributed by atoms with van der Waals surface area (Å²) in [5.74, 6) is 0. The number of hydrogen-bond donors (Lipinski definition) is 1. The molecule has 1 aliphatic heterocycles. The Balaban J connectivity index is 2.21. The van der Waals surface area contributed by atoms with Gasteiger partial charge >= 0.3 is 0 Å². The number of hydrazone groups is 1. The van der Waals surface area contributed by atoms with Crippen molar-refractivity contribution in [3.63, 3.8) is 0 Å². The number of fused-ring (bicyclic) bond motifs is 1. The molecule has 3 heteroatoms. The summed E-state index contributed by atoms with van der Waals surface area (Å²) < 4.78 is 0. The molecule has 0 fully saturated rings. The summed E-state index contributed by atoms with van der Waals surface area (Å²) in [5.41, 5.74) is 4.45. The highest BCUT2D eigenvalue weighted by molar-refractivity contribution is 6.02. The minimum absolute atomic E-state index is 0.0338. The molecule has 0 bridgehead atoms. The Morgan fingerprint density at radius 3 is 2.77 bits per heavy atom. The predicted octanol–water partition coefficient (Wildman–Crippen LogP) is 1.46. The van der Waals surface area contributed by atoms with E-state index in [1.165, 1.54) is 0 Å². The molecule has 0 aromatic heterocycles. The lowest BCUT2D eigenvalue weighted by molar-refractivity contribution is 0.0916. The van der Waals surface area contributed by atoms with E-state index in [2.05, 4.69) is 37.4 Å². The van der Waals surface area contributed by atoms with Crippen LogP contribution >= 0.6 is 0 Å². The molecule has 1 aliphatic carbocycles. The Morgan fingerprint density at radius 2 is 2.15 bits per heavy atom. The molecule has 3 nitrogen and oxygen atoms in total. The third-order valence-electron chi connectivity index (χ3n) is 2.11. The van der Waals surface area contributed by atoms with Gasteiger partial charge < -0.3 is 0 Å². The van der Waals surface area contributed by atoms with E-state index < -0.39 is 0 Å². The van der Waals surface area contributed by atoms with Gasteiger partial charge in [0.15, 0.2) is 0 Å². The van der Waals surface area contributed by atoms with Crippen LogP contribution in [0.2, 0.25) is 0 Å². The third kappa shape index (κ3) is 1.52. The van der Waals surface area contributed by atoms with Gasteiger partial charge in [0.1, 0.15) is 0 Å². The number of hydrazine groups is 1. The van der Waals surface area contributed by atoms with Crippen molar-refractivity contribution in [2.24, 2.45) is 5.10 Å². The molecule has 0 saturated carbocycles. The smallest absolute Gasteiger partial charge is 0.0901 e. The summed E-state index contributed by atoms with van der Waals surface area (Å²) in [6, 6.07) is 0.268. The molecule has 1 heterocycles. The van der Waals surface area contributed by atoms with Crippen LogP contribution in [0.25, 0.3) is 0 Å². The monoisotopic (exact) mass is 177 g/mol. The quantitative estimate of drug-likeness (QED) is 0.606. The number of allylic oxidation sites excluding steroid dienone is 2. The maximum Gasteiger partial charge on any atom is 0.0901 e. The third-order valence-corrected chi connectivity index (χ3v) is 2.11. The van der Waals surface area contributed by atoms with E-state index in [1.807, 2.05) is 23.3 Å². The molecule has 0 saturated heterocycles. The number of nitrogens with zero attached hydrogens (tertiary/aromatic N) is 2. The Labute approximate surface area is 78.8 Å². The topological polar surface area (TPSA) is 27.6 Å². The highest BCUT2D eigenvalue weighted by atomic mass is 15.7. The number of rotatable bonds is 0. The molecule has 0 spiro atoms. The summed E-state index contributed by atoms with van der Waals surface area (Å²) >= 11 is 0. The first-order valence-electron chi connectivity index (χ1n) is 4.57. The molecule has 0 radical (unpaired) electrons. The van der Waals surface area contributed by atoms with Crippen LogP contribution in [0.5, 0.6) is 0 Å². The largest absolute Gasteiger partial charge is 0.223 e. The second kappa shape index (κ2) is 2.70. The fourth-order valence-electron chi connectivity index (χ4n) is 1.36. The molecule has 13 heavy (non-hydrogen) atoms. The first-order chi connectivity index (χ1) is 6.07. The minimum Gasteiger partial charge on any atom is -0.223 e. The van der Waals surface area contributed by atoms with Crippen LogP contribution in [0, 0.1) is 0 Å². The van der Waals surface area contributed by atoms with Gasteiger partial charge in [-0.05, 0) is 26.8 Å². The predicted molar refractivity (Wildman–Crippen MR) is 54.2 cm³/mol. The van der Waals surface area contributed by atoms with E-state index in [0.29, 0.717) is 0 Å². The van der Waals surface area contributed by atoms with Crippen LogP contribution in [0.1, 0.15) is 20.8 Å². The Morgan fingerprint density at radius 1 is 1.38 bits per heavy atom. The van der Waals surface area contributed by atoms with Gasteiger partial charge in [-0.15, -0.1) is 0 Å². The van der Waals surface area contributed by atoms with Crippen molar-refractivity contribution in [2.45, 2.75) is 32.4 Å². The maximum atomic E-state index is 4.48. The van der Waals surface area contributed by atoms with Crippen LogP contribution in [-0.4, -0.2) is 22.4 Å². The highest BCUT2D eigenvalue weighted by Gasteiger charge is 2.30. The van der Waals surface area contributed by atoms with E-state index in [4.69, 9.17) is 0 Å². The zero-order chi connectivity index (χ0) is 9.47. The van der Waals surface area contributed by atoms with Crippen molar-refractivity contribution in [1.82, 2.24) is 10.5 Å². The zero-order valence-corrected chi connectivity index (χ0v) is 8.28. The molecule has 1 unspecified atom stereocenters. The summed E-state index contributed by atoms with van der Waals surface area (Å²) in [6.45, 7) is 6.40. The molecule has 0 amide bonds. The summed E-state index contributed by atoms with van der Waals surface area (Å²) in [4.78, 5) is 0. The average Bonchev–Trinajstić information content (AvgIpc) is 2.45. The lowest BCUT2D eigenvalue weighted by Gasteiger charge is -2.30. The zero-order valence-electron chi connectivity index (χ0n) is 8.28. The molecule has 0 aromatic carbocycles. The fraction of sp³-hybridized carbons (Fsp3) is 0.500. The summed E-state index contributed by atoms with van der Waals surface area (Å²) in [6.07, 6.45) is 8.22. The number of nitrogens with one attached hydrogen (secondary N) is 1. The van der Waals surface area contributed by atoms with Gasteiger partial charge in [-0.3, -0.25) is 0 Å². The molecular formula is C10H15N3. The Hall–Kier alpha value is -1.09. The van der Waals surface area contributed by atoms with Crippen LogP contribution in [-0.2, 0) is 0 Å². The normalized spacial score (nSPS) is 26.2. The summed E-state index contributed by atoms with van der Waals surface area (Å²) in [5, 5.41) is 6.41. The van der Waals surface area contributed by atoms with E-state index in [1.54, 1.807) is 0 Å². The summed E-state index contributed by atoms with van der Waals surface area (Å²) in [7, 11) is 0. The van der Waals surface area contributed by atoms with Gasteiger partial charge in [-0.2, -0.15) is 5.10 Å². The van der Waals surface area contributed by atoms with E-state index in [-0.39, 0.29) is 11.6 Å². The Kier molecular flexibility index (Phi) is 1.77. The highest BCUT2D eigenvalue weighted by Crippen LogP contribution is 2.18. The van der Waals surface area contributed by atoms with Crippen molar-refractivity contribution in [3.8, 4) is 0 Å². The molecule has 70 valence electrons. The van der Waals surface area contributed by atoms with Crippen LogP contribution in [0.4, 0.5) is 0 Å². The van der Waals surface area contributed by atoms with Gasteiger partial charge in [-0.1, -0.05) is 18.2 Å². The van der Waals surface area contributed by atoms with Crippen molar-refractivity contribution in [3.05, 3.63) is 24.3 Å². The van der Waals surface area contributed by atoms with Crippen LogP contribution in [0.15, 0.2) is 29.4 Å². The fourth-order valence-corrected chi connectivity index (χ4v) is 1.36. The maximum absolute atomic E-state index is 4.48. The molecular weight excluding hydrogens is 162 g/mol. The average molecular weight is 177 g/mol. The van der Waals surface area contributed by atoms with Gasteiger partial charge in [0.25, 0.3) is 0 Å². The molecule has 0 aromatic rings. The van der Waals surface area contributed by atoms with Gasteiger partial charge in [0.2, 0.25) is 0 Å². The minimum atomic E-state index is 0.0338. The van der Waals surface area contributed by atoms with Gasteiger partial charge in [-0.25, -0.2) is 10.5 Å². The van der Waals surface area contributed by atoms with E-state index in [9.17, 15) is 0 Å². The molecule has 1 N–H and O–H groups in total. The van der Waals surface area contributed by atoms with Crippen LogP contribution in [0.3, 0.4) is 0 Å². The molecule has 2 aliphatic rings. The Bertz CT molecular complexity index is 294. The lowest BCUT2D eigenvalue weighted by atomic mass is 10.1. The standard InChI is InChI=1S/C10H15N3/c1-10(2,3)13-11-8-6-4-5-7-9(8)12-13/h4-8,11H,1-3H3. The van der Waals surface area contributed by atoms with Crippen molar-refractivity contribution < 1.29 is 0 Å². The van der Waals surface area contributed by atoms with Crippen molar-refractivity contribution in [1.29, 1.82) is 0 Å². The lowest BCUT2D eigenvalue weighted by Crippen LogP contribution is -2.46. The first kappa shape index (κ1) is 8.51.